The van der Waals surface area contributed by atoms with E-state index in [0.717, 1.165) is 29.7 Å². The normalized spacial score (nSPS) is 11.8. The number of carbonyl (C=O) groups excluding carboxylic acids is 1. The molecule has 7 heteroatoms. The maximum Gasteiger partial charge on any atom is 0.233 e. The number of carbonyl (C=O) groups is 1. The summed E-state index contributed by atoms with van der Waals surface area (Å²) in [6.07, 6.45) is 1.77. The molecular weight excluding hydrogens is 384 g/mol. The smallest absolute Gasteiger partial charge is 0.233 e. The average Bonchev–Trinajstić information content (AvgIpc) is 3.22. The number of H-pyrrole nitrogens is 1. The molecule has 152 valence electrons. The number of aryl methyl sites for hydroxylation is 1. The SMILES string of the molecule is CCc1ccc(-c2nc(S[C@@H](C)C(=O)NCCc3ccc(OC)cc3)n[nH]2)cc1. The quantitative estimate of drug-likeness (QED) is 0.523. The number of aromatic amines is 1. The fourth-order valence-corrected chi connectivity index (χ4v) is 3.55. The van der Waals surface area contributed by atoms with Gasteiger partial charge in [0, 0.05) is 12.1 Å². The van der Waals surface area contributed by atoms with E-state index in [0.29, 0.717) is 17.5 Å². The van der Waals surface area contributed by atoms with Crippen molar-refractivity contribution in [2.45, 2.75) is 37.1 Å². The van der Waals surface area contributed by atoms with Gasteiger partial charge in [-0.15, -0.1) is 5.10 Å². The van der Waals surface area contributed by atoms with Gasteiger partial charge in [0.25, 0.3) is 0 Å². The maximum atomic E-state index is 12.4. The second-order valence-corrected chi connectivity index (χ2v) is 7.97. The lowest BCUT2D eigenvalue weighted by atomic mass is 10.1. The van der Waals surface area contributed by atoms with Crippen LogP contribution in [0.4, 0.5) is 0 Å². The van der Waals surface area contributed by atoms with Crippen molar-refractivity contribution in [1.82, 2.24) is 20.5 Å². The van der Waals surface area contributed by atoms with Crippen molar-refractivity contribution < 1.29 is 9.53 Å². The van der Waals surface area contributed by atoms with Crippen molar-refractivity contribution in [2.75, 3.05) is 13.7 Å². The zero-order chi connectivity index (χ0) is 20.6. The van der Waals surface area contributed by atoms with E-state index in [2.05, 4.69) is 39.6 Å². The number of amides is 1. The predicted octanol–water partition coefficient (Wildman–Crippen LogP) is 3.88. The molecule has 29 heavy (non-hydrogen) atoms. The van der Waals surface area contributed by atoms with Gasteiger partial charge in [-0.1, -0.05) is 55.1 Å². The van der Waals surface area contributed by atoms with Gasteiger partial charge in [0.05, 0.1) is 12.4 Å². The summed E-state index contributed by atoms with van der Waals surface area (Å²) in [6.45, 7) is 4.57. The molecule has 0 aliphatic carbocycles. The van der Waals surface area contributed by atoms with Crippen molar-refractivity contribution in [3.05, 3.63) is 59.7 Å². The van der Waals surface area contributed by atoms with Crippen LogP contribution in [0.25, 0.3) is 11.4 Å². The standard InChI is InChI=1S/C22H26N4O2S/c1-4-16-5-9-18(10-6-16)20-24-22(26-25-20)29-15(2)21(27)23-14-13-17-7-11-19(28-3)12-8-17/h5-12,15H,4,13-14H2,1-3H3,(H,23,27)(H,24,25,26)/t15-/m0/s1. The fourth-order valence-electron chi connectivity index (χ4n) is 2.80. The molecule has 3 aromatic rings. The average molecular weight is 411 g/mol. The van der Waals surface area contributed by atoms with Crippen LogP contribution in [-0.2, 0) is 17.6 Å². The molecule has 1 atom stereocenters. The predicted molar refractivity (Wildman–Crippen MR) is 116 cm³/mol. The topological polar surface area (TPSA) is 79.9 Å². The molecule has 0 spiro atoms. The fraction of sp³-hybridized carbons (Fsp3) is 0.318. The third-order valence-corrected chi connectivity index (χ3v) is 5.58. The minimum Gasteiger partial charge on any atom is -0.497 e. The lowest BCUT2D eigenvalue weighted by molar-refractivity contribution is -0.120. The largest absolute Gasteiger partial charge is 0.497 e. The van der Waals surface area contributed by atoms with E-state index in [1.165, 1.54) is 17.3 Å². The van der Waals surface area contributed by atoms with Crippen LogP contribution in [0.3, 0.4) is 0 Å². The minimum atomic E-state index is -0.281. The van der Waals surface area contributed by atoms with Crippen molar-refractivity contribution >= 4 is 17.7 Å². The number of benzene rings is 2. The van der Waals surface area contributed by atoms with Crippen LogP contribution in [0, 0.1) is 0 Å². The Morgan fingerprint density at radius 3 is 2.48 bits per heavy atom. The number of aromatic nitrogens is 3. The number of rotatable bonds is 9. The highest BCUT2D eigenvalue weighted by Gasteiger charge is 2.17. The van der Waals surface area contributed by atoms with Crippen molar-refractivity contribution in [3.63, 3.8) is 0 Å². The Labute approximate surface area is 175 Å². The van der Waals surface area contributed by atoms with Crippen molar-refractivity contribution in [3.8, 4) is 17.1 Å². The molecule has 0 fully saturated rings. The van der Waals surface area contributed by atoms with Gasteiger partial charge in [0.15, 0.2) is 5.82 Å². The van der Waals surface area contributed by atoms with Gasteiger partial charge in [-0.05, 0) is 43.0 Å². The molecule has 0 saturated carbocycles. The Kier molecular flexibility index (Phi) is 7.30. The molecule has 1 heterocycles. The Morgan fingerprint density at radius 1 is 1.14 bits per heavy atom. The summed E-state index contributed by atoms with van der Waals surface area (Å²) in [5.74, 6) is 1.51. The van der Waals surface area contributed by atoms with Crippen LogP contribution in [-0.4, -0.2) is 40.0 Å². The van der Waals surface area contributed by atoms with Crippen LogP contribution in [0.1, 0.15) is 25.0 Å². The number of hydrogen-bond donors (Lipinski definition) is 2. The summed E-state index contributed by atoms with van der Waals surface area (Å²) in [5.41, 5.74) is 3.42. The first-order valence-electron chi connectivity index (χ1n) is 9.68. The molecule has 2 N–H and O–H groups in total. The van der Waals surface area contributed by atoms with Crippen molar-refractivity contribution in [2.24, 2.45) is 0 Å². The van der Waals surface area contributed by atoms with Gasteiger partial charge in [-0.3, -0.25) is 9.89 Å². The number of thioether (sulfide) groups is 1. The van der Waals surface area contributed by atoms with Gasteiger partial charge >= 0.3 is 0 Å². The highest BCUT2D eigenvalue weighted by Crippen LogP contribution is 2.23. The zero-order valence-electron chi connectivity index (χ0n) is 16.9. The molecule has 0 aliphatic heterocycles. The Balaban J connectivity index is 1.48. The van der Waals surface area contributed by atoms with Crippen LogP contribution in [0.5, 0.6) is 5.75 Å². The van der Waals surface area contributed by atoms with Gasteiger partial charge in [-0.2, -0.15) is 0 Å². The Bertz CT molecular complexity index is 923. The maximum absolute atomic E-state index is 12.4. The third kappa shape index (κ3) is 5.84. The number of nitrogens with zero attached hydrogens (tertiary/aromatic N) is 2. The Morgan fingerprint density at radius 2 is 1.83 bits per heavy atom. The Hall–Kier alpha value is -2.80. The van der Waals surface area contributed by atoms with Crippen molar-refractivity contribution in [1.29, 1.82) is 0 Å². The summed E-state index contributed by atoms with van der Waals surface area (Å²) in [5, 5.41) is 10.5. The van der Waals surface area contributed by atoms with Gasteiger partial charge in [-0.25, -0.2) is 4.98 Å². The van der Waals surface area contributed by atoms with Crippen LogP contribution < -0.4 is 10.1 Å². The molecular formula is C22H26N4O2S. The molecule has 3 rings (SSSR count). The summed E-state index contributed by atoms with van der Waals surface area (Å²) in [7, 11) is 1.65. The van der Waals surface area contributed by atoms with E-state index in [4.69, 9.17) is 4.74 Å². The van der Waals surface area contributed by atoms with Gasteiger partial charge in [0.2, 0.25) is 11.1 Å². The van der Waals surface area contributed by atoms with Crippen LogP contribution in [0.2, 0.25) is 0 Å². The molecule has 6 nitrogen and oxygen atoms in total. The first-order chi connectivity index (χ1) is 14.1. The first-order valence-corrected chi connectivity index (χ1v) is 10.6. The second-order valence-electron chi connectivity index (χ2n) is 6.67. The van der Waals surface area contributed by atoms with Gasteiger partial charge < -0.3 is 10.1 Å². The van der Waals surface area contributed by atoms with E-state index < -0.39 is 0 Å². The van der Waals surface area contributed by atoms with E-state index in [1.807, 2.05) is 43.3 Å². The van der Waals surface area contributed by atoms with E-state index in [9.17, 15) is 4.79 Å². The number of ether oxygens (including phenoxy) is 1. The lowest BCUT2D eigenvalue weighted by Crippen LogP contribution is -2.32. The molecule has 0 bridgehead atoms. The number of hydrogen-bond acceptors (Lipinski definition) is 5. The highest BCUT2D eigenvalue weighted by molar-refractivity contribution is 8.00. The summed E-state index contributed by atoms with van der Waals surface area (Å²) in [6, 6.07) is 16.1. The highest BCUT2D eigenvalue weighted by atomic mass is 32.2. The van der Waals surface area contributed by atoms with Crippen LogP contribution >= 0.6 is 11.8 Å². The van der Waals surface area contributed by atoms with Gasteiger partial charge in [0.1, 0.15) is 5.75 Å². The molecule has 1 amide bonds. The van der Waals surface area contributed by atoms with E-state index >= 15 is 0 Å². The summed E-state index contributed by atoms with van der Waals surface area (Å²) < 4.78 is 5.15. The minimum absolute atomic E-state index is 0.0258. The van der Waals surface area contributed by atoms with Crippen LogP contribution in [0.15, 0.2) is 53.7 Å². The third-order valence-electron chi connectivity index (χ3n) is 4.62. The first kappa shape index (κ1) is 20.9. The molecule has 0 radical (unpaired) electrons. The molecule has 0 unspecified atom stereocenters. The summed E-state index contributed by atoms with van der Waals surface area (Å²) >= 11 is 1.34. The van der Waals surface area contributed by atoms with E-state index in [-0.39, 0.29) is 11.2 Å². The zero-order valence-corrected chi connectivity index (χ0v) is 17.8. The number of methoxy groups -OCH3 is 1. The lowest BCUT2D eigenvalue weighted by Gasteiger charge is -2.10. The number of nitrogens with one attached hydrogen (secondary N) is 2. The van der Waals surface area contributed by atoms with E-state index in [1.54, 1.807) is 7.11 Å². The molecule has 0 saturated heterocycles. The molecule has 1 aromatic heterocycles. The molecule has 2 aromatic carbocycles. The molecule has 0 aliphatic rings. The monoisotopic (exact) mass is 410 g/mol. The summed E-state index contributed by atoms with van der Waals surface area (Å²) in [4.78, 5) is 16.9. The second kappa shape index (κ2) is 10.1.